The van der Waals surface area contributed by atoms with Crippen LogP contribution in [0.25, 0.3) is 0 Å². The number of piperazine rings is 1. The topological polar surface area (TPSA) is 88.2 Å². The maximum Gasteiger partial charge on any atom is 0.272 e. The summed E-state index contributed by atoms with van der Waals surface area (Å²) in [5.41, 5.74) is 10.1. The summed E-state index contributed by atoms with van der Waals surface area (Å²) in [6, 6.07) is 5.93. The second-order valence-corrected chi connectivity index (χ2v) is 7.08. The zero-order valence-corrected chi connectivity index (χ0v) is 15.9. The molecule has 2 N–H and O–H groups in total. The fraction of sp³-hybridized carbons (Fsp3) is 0.474. The molecule has 0 radical (unpaired) electrons. The van der Waals surface area contributed by atoms with Crippen molar-refractivity contribution in [2.24, 2.45) is 0 Å². The summed E-state index contributed by atoms with van der Waals surface area (Å²) in [6.07, 6.45) is 0. The van der Waals surface area contributed by atoms with E-state index in [9.17, 15) is 4.79 Å². The molecule has 2 aromatic rings. The Hall–Kier alpha value is -2.70. The highest BCUT2D eigenvalue weighted by atomic mass is 16.2. The standard InChI is InChI=1S/C19H26N6O/c1-12(2)16-11-17(23-19(20)22-16)18(26)25-7-5-24(6-8-25)15-9-13(3)21-14(4)10-15/h9-12H,5-8H2,1-4H3,(H2,20,22,23). The van der Waals surface area contributed by atoms with Crippen molar-refractivity contribution in [1.82, 2.24) is 19.9 Å². The molecule has 0 unspecified atom stereocenters. The molecule has 1 fully saturated rings. The lowest BCUT2D eigenvalue weighted by Crippen LogP contribution is -2.49. The minimum Gasteiger partial charge on any atom is -0.368 e. The van der Waals surface area contributed by atoms with Crippen molar-refractivity contribution in [2.75, 3.05) is 36.8 Å². The Bertz CT molecular complexity index is 791. The summed E-state index contributed by atoms with van der Waals surface area (Å²) in [7, 11) is 0. The predicted octanol–water partition coefficient (Wildman–Crippen LogP) is 2.16. The molecule has 7 heteroatoms. The first-order chi connectivity index (χ1) is 12.3. The van der Waals surface area contributed by atoms with Crippen molar-refractivity contribution < 1.29 is 4.79 Å². The summed E-state index contributed by atoms with van der Waals surface area (Å²) >= 11 is 0. The minimum atomic E-state index is -0.0808. The first-order valence-electron chi connectivity index (χ1n) is 8.97. The van der Waals surface area contributed by atoms with Crippen LogP contribution < -0.4 is 10.6 Å². The van der Waals surface area contributed by atoms with Crippen molar-refractivity contribution in [2.45, 2.75) is 33.6 Å². The van der Waals surface area contributed by atoms with E-state index in [1.54, 1.807) is 6.07 Å². The molecule has 0 spiro atoms. The van der Waals surface area contributed by atoms with E-state index < -0.39 is 0 Å². The number of nitrogens with zero attached hydrogens (tertiary/aromatic N) is 5. The van der Waals surface area contributed by atoms with Gasteiger partial charge in [0.15, 0.2) is 0 Å². The number of carbonyl (C=O) groups excluding carboxylic acids is 1. The van der Waals surface area contributed by atoms with Gasteiger partial charge in [-0.3, -0.25) is 9.78 Å². The Labute approximate surface area is 154 Å². The lowest BCUT2D eigenvalue weighted by Gasteiger charge is -2.36. The zero-order chi connectivity index (χ0) is 18.8. The van der Waals surface area contributed by atoms with Crippen molar-refractivity contribution >= 4 is 17.5 Å². The number of aryl methyl sites for hydroxylation is 2. The first-order valence-corrected chi connectivity index (χ1v) is 8.97. The zero-order valence-electron chi connectivity index (χ0n) is 15.9. The van der Waals surface area contributed by atoms with Crippen LogP contribution in [0.2, 0.25) is 0 Å². The van der Waals surface area contributed by atoms with Crippen molar-refractivity contribution in [1.29, 1.82) is 0 Å². The highest BCUT2D eigenvalue weighted by molar-refractivity contribution is 5.92. The minimum absolute atomic E-state index is 0.0808. The van der Waals surface area contributed by atoms with E-state index in [0.717, 1.165) is 35.9 Å². The van der Waals surface area contributed by atoms with Crippen LogP contribution in [-0.2, 0) is 0 Å². The molecule has 3 rings (SSSR count). The molecule has 0 atom stereocenters. The number of anilines is 2. The van der Waals surface area contributed by atoms with Gasteiger partial charge >= 0.3 is 0 Å². The molecule has 1 saturated heterocycles. The number of nitrogens with two attached hydrogens (primary N) is 1. The first kappa shape index (κ1) is 18.1. The Morgan fingerprint density at radius 1 is 1.00 bits per heavy atom. The van der Waals surface area contributed by atoms with Crippen LogP contribution >= 0.6 is 0 Å². The number of pyridine rings is 1. The van der Waals surface area contributed by atoms with Gasteiger partial charge in [0.2, 0.25) is 5.95 Å². The quantitative estimate of drug-likeness (QED) is 0.909. The normalized spacial score (nSPS) is 14.8. The predicted molar refractivity (Wildman–Crippen MR) is 102 cm³/mol. The number of aromatic nitrogens is 3. The molecule has 0 saturated carbocycles. The largest absolute Gasteiger partial charge is 0.368 e. The van der Waals surface area contributed by atoms with Gasteiger partial charge in [0, 0.05) is 48.9 Å². The van der Waals surface area contributed by atoms with Crippen LogP contribution in [-0.4, -0.2) is 51.9 Å². The second kappa shape index (κ2) is 7.27. The molecule has 1 aliphatic heterocycles. The molecular weight excluding hydrogens is 328 g/mol. The molecule has 1 amide bonds. The average Bonchev–Trinajstić information content (AvgIpc) is 2.60. The van der Waals surface area contributed by atoms with Gasteiger partial charge in [-0.1, -0.05) is 13.8 Å². The summed E-state index contributed by atoms with van der Waals surface area (Å²) in [5, 5.41) is 0. The van der Waals surface area contributed by atoms with E-state index in [-0.39, 0.29) is 17.8 Å². The van der Waals surface area contributed by atoms with Crippen LogP contribution in [0.15, 0.2) is 18.2 Å². The van der Waals surface area contributed by atoms with Gasteiger partial charge in [0.1, 0.15) is 5.69 Å². The van der Waals surface area contributed by atoms with Crippen LogP contribution in [0.3, 0.4) is 0 Å². The number of carbonyl (C=O) groups is 1. The summed E-state index contributed by atoms with van der Waals surface area (Å²) in [5.74, 6) is 0.269. The number of hydrogen-bond acceptors (Lipinski definition) is 6. The SMILES string of the molecule is Cc1cc(N2CCN(C(=O)c3cc(C(C)C)nc(N)n3)CC2)cc(C)n1. The van der Waals surface area contributed by atoms with Crippen molar-refractivity contribution in [3.8, 4) is 0 Å². The van der Waals surface area contributed by atoms with Crippen molar-refractivity contribution in [3.63, 3.8) is 0 Å². The Morgan fingerprint density at radius 3 is 2.19 bits per heavy atom. The van der Waals surface area contributed by atoms with E-state index in [1.165, 1.54) is 0 Å². The van der Waals surface area contributed by atoms with E-state index in [0.29, 0.717) is 18.8 Å². The maximum atomic E-state index is 12.8. The van der Waals surface area contributed by atoms with Gasteiger partial charge in [0.05, 0.1) is 0 Å². The third-order valence-corrected chi connectivity index (χ3v) is 4.57. The molecule has 0 aromatic carbocycles. The molecule has 3 heterocycles. The molecule has 0 bridgehead atoms. The van der Waals surface area contributed by atoms with E-state index >= 15 is 0 Å². The molecule has 7 nitrogen and oxygen atoms in total. The maximum absolute atomic E-state index is 12.8. The second-order valence-electron chi connectivity index (χ2n) is 7.08. The Kier molecular flexibility index (Phi) is 5.06. The number of hydrogen-bond donors (Lipinski definition) is 1. The fourth-order valence-corrected chi connectivity index (χ4v) is 3.22. The Morgan fingerprint density at radius 2 is 1.62 bits per heavy atom. The summed E-state index contributed by atoms with van der Waals surface area (Å²) in [4.78, 5) is 29.7. The molecule has 2 aromatic heterocycles. The summed E-state index contributed by atoms with van der Waals surface area (Å²) < 4.78 is 0. The molecule has 138 valence electrons. The van der Waals surface area contributed by atoms with E-state index in [1.807, 2.05) is 32.6 Å². The van der Waals surface area contributed by atoms with Crippen LogP contribution in [0.1, 0.15) is 47.3 Å². The lowest BCUT2D eigenvalue weighted by atomic mass is 10.1. The van der Waals surface area contributed by atoms with Gasteiger partial charge < -0.3 is 15.5 Å². The molecular formula is C19H26N6O. The van der Waals surface area contributed by atoms with Gasteiger partial charge in [0.25, 0.3) is 5.91 Å². The monoisotopic (exact) mass is 354 g/mol. The summed E-state index contributed by atoms with van der Waals surface area (Å²) in [6.45, 7) is 10.9. The van der Waals surface area contributed by atoms with Crippen LogP contribution in [0, 0.1) is 13.8 Å². The van der Waals surface area contributed by atoms with Gasteiger partial charge in [-0.05, 0) is 38.0 Å². The van der Waals surface area contributed by atoms with E-state index in [4.69, 9.17) is 5.73 Å². The number of nitrogen functional groups attached to an aromatic ring is 1. The molecule has 26 heavy (non-hydrogen) atoms. The van der Waals surface area contributed by atoms with Gasteiger partial charge in [-0.25, -0.2) is 9.97 Å². The molecule has 1 aliphatic rings. The number of amides is 1. The number of rotatable bonds is 3. The van der Waals surface area contributed by atoms with E-state index in [2.05, 4.69) is 32.0 Å². The fourth-order valence-electron chi connectivity index (χ4n) is 3.22. The van der Waals surface area contributed by atoms with Crippen LogP contribution in [0.5, 0.6) is 0 Å². The van der Waals surface area contributed by atoms with Crippen LogP contribution in [0.4, 0.5) is 11.6 Å². The lowest BCUT2D eigenvalue weighted by molar-refractivity contribution is 0.0740. The van der Waals surface area contributed by atoms with Crippen molar-refractivity contribution in [3.05, 3.63) is 41.0 Å². The third kappa shape index (κ3) is 3.92. The average molecular weight is 354 g/mol. The highest BCUT2D eigenvalue weighted by Gasteiger charge is 2.24. The van der Waals surface area contributed by atoms with Gasteiger partial charge in [-0.2, -0.15) is 0 Å². The smallest absolute Gasteiger partial charge is 0.272 e. The molecule has 0 aliphatic carbocycles. The highest BCUT2D eigenvalue weighted by Crippen LogP contribution is 2.20. The third-order valence-electron chi connectivity index (χ3n) is 4.57. The Balaban J connectivity index is 1.71. The van der Waals surface area contributed by atoms with Gasteiger partial charge in [-0.15, -0.1) is 0 Å².